The maximum atomic E-state index is 13.1. The Hall–Kier alpha value is -2.85. The normalized spacial score (nSPS) is 27.1. The number of halogens is 3. The monoisotopic (exact) mass is 477 g/mol. The standard InChI is InChI=1S/C23H22F3N3O3S/c24-23(25,26)18-7-8-20-19(11-18)28-21(29-33(20,31)32)14-3-5-15(6-4-14)22(30)27-12-17-10-13-1-2-16(17)9-13/h1-8,11,13,16-17,21,28-29H,9-10,12H2,(H,27,30). The zero-order valence-corrected chi connectivity index (χ0v) is 18.2. The summed E-state index contributed by atoms with van der Waals surface area (Å²) in [5, 5.41) is 5.78. The number of hydrogen-bond donors (Lipinski definition) is 3. The van der Waals surface area contributed by atoms with Gasteiger partial charge in [-0.2, -0.15) is 17.9 Å². The van der Waals surface area contributed by atoms with Gasteiger partial charge in [0.1, 0.15) is 11.1 Å². The molecular formula is C23H22F3N3O3S. The summed E-state index contributed by atoms with van der Waals surface area (Å²) in [6, 6.07) is 8.75. The smallest absolute Gasteiger partial charge is 0.364 e. The van der Waals surface area contributed by atoms with Crippen LogP contribution < -0.4 is 15.4 Å². The van der Waals surface area contributed by atoms with Gasteiger partial charge in [-0.15, -0.1) is 0 Å². The number of carbonyl (C=O) groups excluding carboxylic acids is 1. The Kier molecular flexibility index (Phi) is 5.24. The van der Waals surface area contributed by atoms with E-state index < -0.39 is 27.9 Å². The maximum absolute atomic E-state index is 13.1. The number of hydrogen-bond acceptors (Lipinski definition) is 4. The minimum absolute atomic E-state index is 0.129. The molecule has 0 saturated heterocycles. The summed E-state index contributed by atoms with van der Waals surface area (Å²) in [6.07, 6.45) is 1.16. The molecule has 2 aromatic rings. The van der Waals surface area contributed by atoms with Crippen LogP contribution in [0.3, 0.4) is 0 Å². The lowest BCUT2D eigenvalue weighted by Gasteiger charge is -2.29. The van der Waals surface area contributed by atoms with E-state index >= 15 is 0 Å². The van der Waals surface area contributed by atoms with E-state index in [1.165, 1.54) is 0 Å². The highest BCUT2D eigenvalue weighted by Gasteiger charge is 2.36. The Morgan fingerprint density at radius 1 is 1.06 bits per heavy atom. The van der Waals surface area contributed by atoms with Gasteiger partial charge in [0.25, 0.3) is 5.91 Å². The second-order valence-electron chi connectivity index (χ2n) is 8.78. The molecule has 3 aliphatic rings. The first-order chi connectivity index (χ1) is 15.6. The lowest BCUT2D eigenvalue weighted by molar-refractivity contribution is -0.137. The van der Waals surface area contributed by atoms with E-state index in [0.29, 0.717) is 35.4 Å². The van der Waals surface area contributed by atoms with Crippen molar-refractivity contribution in [2.75, 3.05) is 11.9 Å². The predicted molar refractivity (Wildman–Crippen MR) is 116 cm³/mol. The predicted octanol–water partition coefficient (Wildman–Crippen LogP) is 4.05. The molecule has 5 rings (SSSR count). The third kappa shape index (κ3) is 4.24. The van der Waals surface area contributed by atoms with Crippen LogP contribution in [-0.2, 0) is 16.2 Å². The van der Waals surface area contributed by atoms with Crippen molar-refractivity contribution in [2.24, 2.45) is 17.8 Å². The summed E-state index contributed by atoms with van der Waals surface area (Å²) < 4.78 is 66.7. The molecule has 0 spiro atoms. The van der Waals surface area contributed by atoms with E-state index in [1.54, 1.807) is 24.3 Å². The third-order valence-electron chi connectivity index (χ3n) is 6.62. The highest BCUT2D eigenvalue weighted by atomic mass is 32.2. The van der Waals surface area contributed by atoms with Gasteiger partial charge in [0, 0.05) is 12.1 Å². The van der Waals surface area contributed by atoms with Crippen molar-refractivity contribution in [3.63, 3.8) is 0 Å². The van der Waals surface area contributed by atoms with E-state index in [9.17, 15) is 26.4 Å². The van der Waals surface area contributed by atoms with Crippen LogP contribution in [0.25, 0.3) is 0 Å². The van der Waals surface area contributed by atoms with E-state index in [1.807, 2.05) is 0 Å². The summed E-state index contributed by atoms with van der Waals surface area (Å²) in [5.41, 5.74) is -0.176. The molecule has 1 saturated carbocycles. The average molecular weight is 478 g/mol. The highest BCUT2D eigenvalue weighted by molar-refractivity contribution is 7.89. The summed E-state index contributed by atoms with van der Waals surface area (Å²) in [7, 11) is -4.02. The van der Waals surface area contributed by atoms with Crippen LogP contribution in [0.4, 0.5) is 18.9 Å². The van der Waals surface area contributed by atoms with Gasteiger partial charge in [-0.05, 0) is 66.5 Å². The lowest BCUT2D eigenvalue weighted by atomic mass is 9.93. The average Bonchev–Trinajstić information content (AvgIpc) is 3.39. The Labute approximate surface area is 189 Å². The first-order valence-corrected chi connectivity index (χ1v) is 12.1. The zero-order valence-electron chi connectivity index (χ0n) is 17.4. The zero-order chi connectivity index (χ0) is 23.4. The number of amides is 1. The van der Waals surface area contributed by atoms with Crippen molar-refractivity contribution in [3.8, 4) is 0 Å². The van der Waals surface area contributed by atoms with Crippen LogP contribution in [-0.4, -0.2) is 20.9 Å². The number of rotatable bonds is 4. The molecule has 3 N–H and O–H groups in total. The minimum atomic E-state index is -4.59. The molecule has 10 heteroatoms. The van der Waals surface area contributed by atoms with Gasteiger partial charge in [0.2, 0.25) is 10.0 Å². The number of carbonyl (C=O) groups is 1. The SMILES string of the molecule is O=C(NCC1CC2C=CC1C2)c1ccc(C2Nc3cc(C(F)(F)F)ccc3S(=O)(=O)N2)cc1. The molecule has 2 bridgehead atoms. The number of anilines is 1. The number of alkyl halides is 3. The van der Waals surface area contributed by atoms with Gasteiger partial charge in [-0.1, -0.05) is 24.3 Å². The summed E-state index contributed by atoms with van der Waals surface area (Å²) in [5.74, 6) is 1.39. The largest absolute Gasteiger partial charge is 0.416 e. The van der Waals surface area contributed by atoms with Crippen molar-refractivity contribution in [3.05, 3.63) is 71.3 Å². The number of allylic oxidation sites excluding steroid dienone is 2. The summed E-state index contributed by atoms with van der Waals surface area (Å²) in [6.45, 7) is 0.606. The molecule has 174 valence electrons. The Morgan fingerprint density at radius 2 is 1.82 bits per heavy atom. The van der Waals surface area contributed by atoms with Crippen LogP contribution in [0.5, 0.6) is 0 Å². The molecule has 2 aliphatic carbocycles. The third-order valence-corrected chi connectivity index (χ3v) is 8.10. The lowest BCUT2D eigenvalue weighted by Crippen LogP contribution is -2.38. The molecule has 0 radical (unpaired) electrons. The van der Waals surface area contributed by atoms with Gasteiger partial charge < -0.3 is 10.6 Å². The maximum Gasteiger partial charge on any atom is 0.416 e. The number of benzene rings is 2. The second kappa shape index (κ2) is 7.88. The van der Waals surface area contributed by atoms with Crippen LogP contribution in [0, 0.1) is 17.8 Å². The molecule has 1 aliphatic heterocycles. The highest BCUT2D eigenvalue weighted by Crippen LogP contribution is 2.43. The Morgan fingerprint density at radius 3 is 2.45 bits per heavy atom. The Bertz CT molecular complexity index is 1230. The fourth-order valence-corrected chi connectivity index (χ4v) is 6.18. The van der Waals surface area contributed by atoms with Crippen LogP contribution in [0.1, 0.15) is 40.5 Å². The van der Waals surface area contributed by atoms with E-state index in [-0.39, 0.29) is 16.5 Å². The fourth-order valence-electron chi connectivity index (χ4n) is 4.89. The molecule has 6 nitrogen and oxygen atoms in total. The summed E-state index contributed by atoms with van der Waals surface area (Å²) >= 11 is 0. The van der Waals surface area contributed by atoms with Crippen LogP contribution in [0.2, 0.25) is 0 Å². The van der Waals surface area contributed by atoms with Crippen molar-refractivity contribution in [1.82, 2.24) is 10.0 Å². The van der Waals surface area contributed by atoms with Gasteiger partial charge >= 0.3 is 6.18 Å². The Balaban J connectivity index is 1.29. The minimum Gasteiger partial charge on any atom is -0.364 e. The number of sulfonamides is 1. The molecule has 2 aromatic carbocycles. The molecule has 1 heterocycles. The van der Waals surface area contributed by atoms with E-state index in [2.05, 4.69) is 27.5 Å². The first-order valence-electron chi connectivity index (χ1n) is 10.7. The second-order valence-corrected chi connectivity index (χ2v) is 10.5. The fraction of sp³-hybridized carbons (Fsp3) is 0.348. The van der Waals surface area contributed by atoms with Gasteiger partial charge in [0.05, 0.1) is 11.3 Å². The van der Waals surface area contributed by atoms with Crippen molar-refractivity contribution >= 4 is 21.6 Å². The van der Waals surface area contributed by atoms with Crippen molar-refractivity contribution in [1.29, 1.82) is 0 Å². The molecule has 0 aromatic heterocycles. The van der Waals surface area contributed by atoms with E-state index in [0.717, 1.165) is 31.0 Å². The van der Waals surface area contributed by atoms with Gasteiger partial charge in [-0.25, -0.2) is 8.42 Å². The number of fused-ring (bicyclic) bond motifs is 3. The number of nitrogens with one attached hydrogen (secondary N) is 3. The molecule has 1 amide bonds. The topological polar surface area (TPSA) is 87.3 Å². The van der Waals surface area contributed by atoms with Crippen molar-refractivity contribution in [2.45, 2.75) is 30.1 Å². The van der Waals surface area contributed by atoms with Crippen molar-refractivity contribution < 1.29 is 26.4 Å². The quantitative estimate of drug-likeness (QED) is 0.580. The molecule has 33 heavy (non-hydrogen) atoms. The molecule has 1 fully saturated rings. The first kappa shape index (κ1) is 22.0. The van der Waals surface area contributed by atoms with Gasteiger partial charge in [-0.3, -0.25) is 4.79 Å². The molecule has 4 unspecified atom stereocenters. The van der Waals surface area contributed by atoms with E-state index in [4.69, 9.17) is 0 Å². The van der Waals surface area contributed by atoms with Crippen LogP contribution in [0.15, 0.2) is 59.5 Å². The summed E-state index contributed by atoms with van der Waals surface area (Å²) in [4.78, 5) is 12.3. The molecular weight excluding hydrogens is 455 g/mol. The van der Waals surface area contributed by atoms with Gasteiger partial charge in [0.15, 0.2) is 0 Å². The molecule has 4 atom stereocenters. The van der Waals surface area contributed by atoms with Crippen LogP contribution >= 0.6 is 0 Å².